The quantitative estimate of drug-likeness (QED) is 0.672. The highest BCUT2D eigenvalue weighted by molar-refractivity contribution is 5.90. The summed E-state index contributed by atoms with van der Waals surface area (Å²) in [6.45, 7) is 1.53. The van der Waals surface area contributed by atoms with Crippen LogP contribution >= 0.6 is 0 Å². The van der Waals surface area contributed by atoms with Gasteiger partial charge in [-0.2, -0.15) is 0 Å². The summed E-state index contributed by atoms with van der Waals surface area (Å²) in [4.78, 5) is 9.02. The molecule has 0 unspecified atom stereocenters. The van der Waals surface area contributed by atoms with E-state index in [1.807, 2.05) is 31.3 Å². The fourth-order valence-electron chi connectivity index (χ4n) is 2.40. The molecule has 2 aromatic carbocycles. The molecular formula is C19H18F2N4. The monoisotopic (exact) mass is 340 g/mol. The van der Waals surface area contributed by atoms with Crippen LogP contribution in [0.15, 0.2) is 42.5 Å². The molecular weight excluding hydrogens is 322 g/mol. The number of hydrogen-bond donors (Lipinski definition) is 2. The zero-order valence-electron chi connectivity index (χ0n) is 13.8. The Labute approximate surface area is 144 Å². The molecule has 0 radical (unpaired) electrons. The number of nitrogens with zero attached hydrogens (tertiary/aromatic N) is 2. The molecule has 6 heteroatoms. The maximum Gasteiger partial charge on any atom is 0.159 e. The average molecular weight is 340 g/mol. The van der Waals surface area contributed by atoms with Gasteiger partial charge in [0.25, 0.3) is 0 Å². The molecule has 0 atom stereocenters. The predicted molar refractivity (Wildman–Crippen MR) is 97.2 cm³/mol. The number of fused-ring (bicyclic) bond motifs is 1. The summed E-state index contributed by atoms with van der Waals surface area (Å²) in [6.07, 6.45) is 3.34. The number of halogens is 2. The van der Waals surface area contributed by atoms with E-state index in [-0.39, 0.29) is 0 Å². The Bertz CT molecular complexity index is 909. The molecule has 2 N–H and O–H groups in total. The predicted octanol–water partition coefficient (Wildman–Crippen LogP) is 3.71. The van der Waals surface area contributed by atoms with Gasteiger partial charge in [0.05, 0.1) is 5.52 Å². The second kappa shape index (κ2) is 7.81. The zero-order chi connectivity index (χ0) is 17.6. The number of aromatic nitrogens is 2. The van der Waals surface area contributed by atoms with Crippen LogP contribution in [0.5, 0.6) is 0 Å². The third-order valence-electron chi connectivity index (χ3n) is 3.66. The fourth-order valence-corrected chi connectivity index (χ4v) is 2.40. The van der Waals surface area contributed by atoms with Crippen molar-refractivity contribution in [1.29, 1.82) is 0 Å². The molecule has 0 aliphatic heterocycles. The summed E-state index contributed by atoms with van der Waals surface area (Å²) in [5, 5.41) is 7.29. The molecule has 4 nitrogen and oxygen atoms in total. The summed E-state index contributed by atoms with van der Waals surface area (Å²) in [5.41, 5.74) is 1.36. The molecule has 3 rings (SSSR count). The second-order valence-corrected chi connectivity index (χ2v) is 5.48. The standard InChI is InChI=1S/C19H18F2N4/c1-22-10-11-23-19-14-4-2-3-5-17(14)24-18(25-19)9-7-13-6-8-15(20)16(21)12-13/h2-9,12,22H,10-11H2,1H3,(H,23,24,25)/b9-7+. The molecule has 0 spiro atoms. The van der Waals surface area contributed by atoms with Crippen molar-refractivity contribution in [3.63, 3.8) is 0 Å². The Morgan fingerprint density at radius 1 is 0.960 bits per heavy atom. The van der Waals surface area contributed by atoms with Gasteiger partial charge in [0.2, 0.25) is 0 Å². The van der Waals surface area contributed by atoms with E-state index in [2.05, 4.69) is 20.6 Å². The zero-order valence-corrected chi connectivity index (χ0v) is 13.8. The van der Waals surface area contributed by atoms with Gasteiger partial charge in [0, 0.05) is 18.5 Å². The van der Waals surface area contributed by atoms with E-state index < -0.39 is 11.6 Å². The Morgan fingerprint density at radius 2 is 1.80 bits per heavy atom. The van der Waals surface area contributed by atoms with Crippen molar-refractivity contribution in [2.75, 3.05) is 25.5 Å². The van der Waals surface area contributed by atoms with Gasteiger partial charge in [-0.1, -0.05) is 24.3 Å². The topological polar surface area (TPSA) is 49.8 Å². The van der Waals surface area contributed by atoms with Crippen LogP contribution in [-0.2, 0) is 0 Å². The molecule has 0 amide bonds. The van der Waals surface area contributed by atoms with Crippen LogP contribution in [0.2, 0.25) is 0 Å². The Balaban J connectivity index is 1.92. The minimum Gasteiger partial charge on any atom is -0.368 e. The molecule has 0 bridgehead atoms. The van der Waals surface area contributed by atoms with Crippen LogP contribution in [0.25, 0.3) is 23.1 Å². The Kier molecular flexibility index (Phi) is 5.30. The lowest BCUT2D eigenvalue weighted by atomic mass is 10.2. The van der Waals surface area contributed by atoms with E-state index in [0.29, 0.717) is 11.4 Å². The lowest BCUT2D eigenvalue weighted by molar-refractivity contribution is 0.508. The highest BCUT2D eigenvalue weighted by Crippen LogP contribution is 2.21. The molecule has 0 aliphatic carbocycles. The Hall–Kier alpha value is -2.86. The van der Waals surface area contributed by atoms with Crippen LogP contribution in [-0.4, -0.2) is 30.1 Å². The van der Waals surface area contributed by atoms with Gasteiger partial charge in [0.1, 0.15) is 5.82 Å². The Morgan fingerprint density at radius 3 is 2.60 bits per heavy atom. The number of hydrogen-bond acceptors (Lipinski definition) is 4. The first kappa shape index (κ1) is 17.0. The molecule has 1 aromatic heterocycles. The molecule has 3 aromatic rings. The SMILES string of the molecule is CNCCNc1nc(/C=C/c2ccc(F)c(F)c2)nc2ccccc12. The van der Waals surface area contributed by atoms with Crippen molar-refractivity contribution in [2.24, 2.45) is 0 Å². The summed E-state index contributed by atoms with van der Waals surface area (Å²) in [7, 11) is 1.88. The van der Waals surface area contributed by atoms with Gasteiger partial charge >= 0.3 is 0 Å². The summed E-state index contributed by atoms with van der Waals surface area (Å²) in [6, 6.07) is 11.5. The summed E-state index contributed by atoms with van der Waals surface area (Å²) in [5.74, 6) is -0.507. The van der Waals surface area contributed by atoms with Crippen molar-refractivity contribution in [3.8, 4) is 0 Å². The number of para-hydroxylation sites is 1. The van der Waals surface area contributed by atoms with Crippen molar-refractivity contribution in [1.82, 2.24) is 15.3 Å². The van der Waals surface area contributed by atoms with E-state index in [9.17, 15) is 8.78 Å². The normalized spacial score (nSPS) is 11.3. The highest BCUT2D eigenvalue weighted by Gasteiger charge is 2.06. The minimum atomic E-state index is -0.879. The largest absolute Gasteiger partial charge is 0.368 e. The van der Waals surface area contributed by atoms with Gasteiger partial charge < -0.3 is 10.6 Å². The maximum atomic E-state index is 13.3. The van der Waals surface area contributed by atoms with Crippen LogP contribution < -0.4 is 10.6 Å². The van der Waals surface area contributed by atoms with Crippen LogP contribution in [0, 0.1) is 11.6 Å². The number of rotatable bonds is 6. The number of nitrogens with one attached hydrogen (secondary N) is 2. The summed E-state index contributed by atoms with van der Waals surface area (Å²) < 4.78 is 26.3. The van der Waals surface area contributed by atoms with Gasteiger partial charge in [-0.05, 0) is 43.0 Å². The van der Waals surface area contributed by atoms with Crippen molar-refractivity contribution in [3.05, 3.63) is 65.5 Å². The summed E-state index contributed by atoms with van der Waals surface area (Å²) >= 11 is 0. The molecule has 0 aliphatic rings. The van der Waals surface area contributed by atoms with E-state index in [1.165, 1.54) is 6.07 Å². The van der Waals surface area contributed by atoms with Gasteiger partial charge in [-0.3, -0.25) is 0 Å². The van der Waals surface area contributed by atoms with Gasteiger partial charge in [-0.15, -0.1) is 0 Å². The molecule has 1 heterocycles. The molecule has 0 saturated carbocycles. The van der Waals surface area contributed by atoms with Gasteiger partial charge in [-0.25, -0.2) is 18.7 Å². The minimum absolute atomic E-state index is 0.496. The first-order valence-corrected chi connectivity index (χ1v) is 7.96. The van der Waals surface area contributed by atoms with Crippen LogP contribution in [0.4, 0.5) is 14.6 Å². The molecule has 0 saturated heterocycles. The maximum absolute atomic E-state index is 13.3. The third-order valence-corrected chi connectivity index (χ3v) is 3.66. The van der Waals surface area contributed by atoms with Gasteiger partial charge in [0.15, 0.2) is 17.5 Å². The van der Waals surface area contributed by atoms with E-state index in [0.717, 1.165) is 41.9 Å². The lowest BCUT2D eigenvalue weighted by Crippen LogP contribution is -2.18. The molecule has 128 valence electrons. The van der Waals surface area contributed by atoms with Crippen LogP contribution in [0.3, 0.4) is 0 Å². The highest BCUT2D eigenvalue weighted by atomic mass is 19.2. The number of likely N-dealkylation sites (N-methyl/N-ethyl adjacent to an activating group) is 1. The van der Waals surface area contributed by atoms with Crippen molar-refractivity contribution >= 4 is 28.9 Å². The molecule has 0 fully saturated rings. The number of benzene rings is 2. The van der Waals surface area contributed by atoms with Crippen molar-refractivity contribution in [2.45, 2.75) is 0 Å². The lowest BCUT2D eigenvalue weighted by Gasteiger charge is -2.09. The van der Waals surface area contributed by atoms with E-state index in [4.69, 9.17) is 0 Å². The average Bonchev–Trinajstić information content (AvgIpc) is 2.63. The molecule has 25 heavy (non-hydrogen) atoms. The number of anilines is 1. The van der Waals surface area contributed by atoms with Crippen molar-refractivity contribution < 1.29 is 8.78 Å². The third kappa shape index (κ3) is 4.16. The fraction of sp³-hybridized carbons (Fsp3) is 0.158. The smallest absolute Gasteiger partial charge is 0.159 e. The van der Waals surface area contributed by atoms with E-state index >= 15 is 0 Å². The first-order chi connectivity index (χ1) is 12.2. The first-order valence-electron chi connectivity index (χ1n) is 7.96. The van der Waals surface area contributed by atoms with Crippen LogP contribution in [0.1, 0.15) is 11.4 Å². The van der Waals surface area contributed by atoms with E-state index in [1.54, 1.807) is 12.2 Å². The second-order valence-electron chi connectivity index (χ2n) is 5.48.